The molecule has 0 unspecified atom stereocenters. The molecule has 1 N–H and O–H groups in total. The molecule has 2 aromatic rings. The number of furan rings is 1. The van der Waals surface area contributed by atoms with Gasteiger partial charge in [-0.25, -0.2) is 4.98 Å². The number of nitrogens with one attached hydrogen (secondary N) is 1. The number of aromatic nitrogens is 1. The Hall–Kier alpha value is -2.23. The summed E-state index contributed by atoms with van der Waals surface area (Å²) in [6, 6.07) is 1.62. The van der Waals surface area contributed by atoms with Gasteiger partial charge in [-0.3, -0.25) is 14.9 Å². The molecule has 2 amide bonds. The molecule has 0 radical (unpaired) electrons. The Kier molecular flexibility index (Phi) is 5.74. The third-order valence-electron chi connectivity index (χ3n) is 5.13. The smallest absolute Gasteiger partial charge is 0.260 e. The number of hydrogen-bond donors (Lipinski definition) is 1. The van der Waals surface area contributed by atoms with Gasteiger partial charge in [-0.2, -0.15) is 0 Å². The average molecular weight is 405 g/mol. The quantitative estimate of drug-likeness (QED) is 0.821. The lowest BCUT2D eigenvalue weighted by atomic mass is 9.96. The number of aryl methyl sites for hydroxylation is 1. The Balaban J connectivity index is 1.27. The number of nitrogens with zero attached hydrogens (tertiary/aromatic N) is 2. The van der Waals surface area contributed by atoms with Crippen LogP contribution < -0.4 is 5.32 Å². The normalized spacial score (nSPS) is 18.5. The Bertz CT molecular complexity index is 834. The minimum absolute atomic E-state index is 0.0561. The molecule has 4 rings (SSSR count). The van der Waals surface area contributed by atoms with Gasteiger partial charge < -0.3 is 18.8 Å². The molecule has 150 valence electrons. The maximum Gasteiger partial charge on any atom is 0.260 e. The second-order valence-electron chi connectivity index (χ2n) is 6.99. The number of carbonyl (C=O) groups is 2. The van der Waals surface area contributed by atoms with Crippen LogP contribution in [0.15, 0.2) is 22.1 Å². The van der Waals surface area contributed by atoms with E-state index in [1.54, 1.807) is 13.0 Å². The van der Waals surface area contributed by atoms with E-state index in [-0.39, 0.29) is 24.5 Å². The Labute approximate surface area is 166 Å². The van der Waals surface area contributed by atoms with Crippen molar-refractivity contribution in [1.82, 2.24) is 9.88 Å². The summed E-state index contributed by atoms with van der Waals surface area (Å²) >= 11 is 1.31. The number of likely N-dealkylation sites (tertiary alicyclic amines) is 1. The molecule has 0 bridgehead atoms. The highest BCUT2D eigenvalue weighted by molar-refractivity contribution is 7.14. The maximum atomic E-state index is 12.6. The standard InChI is InChI=1S/C19H23N3O5S/c1-12-15(4-7-25-12)17(24)21-19-20-14(11-28-19)10-16(23)22-5-2-13(3-6-22)18-26-8-9-27-18/h4,7,11,13,18H,2-3,5-6,8-10H2,1H3,(H,20,21,24). The predicted octanol–water partition coefficient (Wildman–Crippen LogP) is 2.45. The minimum atomic E-state index is -0.267. The summed E-state index contributed by atoms with van der Waals surface area (Å²) in [6.07, 6.45) is 3.38. The molecular formula is C19H23N3O5S. The fourth-order valence-corrected chi connectivity index (χ4v) is 4.27. The molecule has 8 nitrogen and oxygen atoms in total. The van der Waals surface area contributed by atoms with Gasteiger partial charge in [-0.1, -0.05) is 0 Å². The zero-order valence-corrected chi connectivity index (χ0v) is 16.5. The van der Waals surface area contributed by atoms with Crippen LogP contribution in [-0.4, -0.2) is 54.3 Å². The van der Waals surface area contributed by atoms with Gasteiger partial charge in [0.1, 0.15) is 5.76 Å². The van der Waals surface area contributed by atoms with Gasteiger partial charge in [-0.15, -0.1) is 11.3 Å². The van der Waals surface area contributed by atoms with E-state index in [1.165, 1.54) is 17.6 Å². The van der Waals surface area contributed by atoms with Crippen LogP contribution in [0.1, 0.15) is 34.7 Å². The molecule has 2 saturated heterocycles. The second-order valence-corrected chi connectivity index (χ2v) is 7.85. The molecule has 0 atom stereocenters. The van der Waals surface area contributed by atoms with Gasteiger partial charge in [0.05, 0.1) is 37.2 Å². The van der Waals surface area contributed by atoms with Crippen LogP contribution in [0.25, 0.3) is 0 Å². The summed E-state index contributed by atoms with van der Waals surface area (Å²) in [5.74, 6) is 0.706. The molecule has 0 aromatic carbocycles. The first-order valence-electron chi connectivity index (χ1n) is 9.41. The zero-order chi connectivity index (χ0) is 19.5. The van der Waals surface area contributed by atoms with E-state index in [0.717, 1.165) is 12.8 Å². The highest BCUT2D eigenvalue weighted by Gasteiger charge is 2.31. The summed E-state index contributed by atoms with van der Waals surface area (Å²) in [5.41, 5.74) is 1.14. The van der Waals surface area contributed by atoms with Crippen LogP contribution >= 0.6 is 11.3 Å². The summed E-state index contributed by atoms with van der Waals surface area (Å²) in [4.78, 5) is 31.0. The Morgan fingerprint density at radius 1 is 1.29 bits per heavy atom. The summed E-state index contributed by atoms with van der Waals surface area (Å²) in [6.45, 7) is 4.47. The molecule has 0 aliphatic carbocycles. The fourth-order valence-electron chi connectivity index (χ4n) is 3.57. The van der Waals surface area contributed by atoms with Gasteiger partial charge in [0.15, 0.2) is 11.4 Å². The zero-order valence-electron chi connectivity index (χ0n) is 15.7. The summed E-state index contributed by atoms with van der Waals surface area (Å²) < 4.78 is 16.3. The van der Waals surface area contributed by atoms with Crippen LogP contribution in [0.2, 0.25) is 0 Å². The van der Waals surface area contributed by atoms with Crippen LogP contribution in [0.4, 0.5) is 5.13 Å². The van der Waals surface area contributed by atoms with Crippen molar-refractivity contribution in [3.05, 3.63) is 34.7 Å². The molecule has 2 fully saturated rings. The monoisotopic (exact) mass is 405 g/mol. The lowest BCUT2D eigenvalue weighted by Crippen LogP contribution is -2.42. The molecule has 4 heterocycles. The molecular weight excluding hydrogens is 382 g/mol. The van der Waals surface area contributed by atoms with E-state index in [0.29, 0.717) is 54.4 Å². The number of piperidine rings is 1. The lowest BCUT2D eigenvalue weighted by molar-refractivity contribution is -0.136. The van der Waals surface area contributed by atoms with Gasteiger partial charge in [0.2, 0.25) is 5.91 Å². The third kappa shape index (κ3) is 4.26. The highest BCUT2D eigenvalue weighted by Crippen LogP contribution is 2.26. The number of hydrogen-bond acceptors (Lipinski definition) is 7. The van der Waals surface area contributed by atoms with Crippen molar-refractivity contribution in [2.75, 3.05) is 31.6 Å². The molecule has 0 spiro atoms. The van der Waals surface area contributed by atoms with Crippen LogP contribution in [0, 0.1) is 12.8 Å². The fraction of sp³-hybridized carbons (Fsp3) is 0.526. The van der Waals surface area contributed by atoms with E-state index in [4.69, 9.17) is 13.9 Å². The van der Waals surface area contributed by atoms with Crippen molar-refractivity contribution >= 4 is 28.3 Å². The topological polar surface area (TPSA) is 93.9 Å². The molecule has 2 aromatic heterocycles. The van der Waals surface area contributed by atoms with Crippen LogP contribution in [0.3, 0.4) is 0 Å². The van der Waals surface area contributed by atoms with Crippen molar-refractivity contribution < 1.29 is 23.5 Å². The lowest BCUT2D eigenvalue weighted by Gasteiger charge is -2.33. The number of carbonyl (C=O) groups excluding carboxylic acids is 2. The largest absolute Gasteiger partial charge is 0.469 e. The van der Waals surface area contributed by atoms with Gasteiger partial charge in [0.25, 0.3) is 5.91 Å². The van der Waals surface area contributed by atoms with Gasteiger partial charge in [0, 0.05) is 24.4 Å². The van der Waals surface area contributed by atoms with E-state index < -0.39 is 0 Å². The molecule has 2 aliphatic rings. The van der Waals surface area contributed by atoms with E-state index in [2.05, 4.69) is 10.3 Å². The molecule has 0 saturated carbocycles. The first-order valence-corrected chi connectivity index (χ1v) is 10.3. The SMILES string of the molecule is Cc1occc1C(=O)Nc1nc(CC(=O)N2CCC(C3OCCO3)CC2)cs1. The average Bonchev–Trinajstić information content (AvgIpc) is 3.44. The number of rotatable bonds is 5. The van der Waals surface area contributed by atoms with Crippen molar-refractivity contribution in [2.45, 2.75) is 32.5 Å². The van der Waals surface area contributed by atoms with E-state index in [9.17, 15) is 9.59 Å². The summed E-state index contributed by atoms with van der Waals surface area (Å²) in [7, 11) is 0. The van der Waals surface area contributed by atoms with Crippen molar-refractivity contribution in [3.8, 4) is 0 Å². The van der Waals surface area contributed by atoms with Gasteiger partial charge in [-0.05, 0) is 25.8 Å². The summed E-state index contributed by atoms with van der Waals surface area (Å²) in [5, 5.41) is 5.03. The first-order chi connectivity index (χ1) is 13.6. The third-order valence-corrected chi connectivity index (χ3v) is 5.94. The van der Waals surface area contributed by atoms with Crippen molar-refractivity contribution in [1.29, 1.82) is 0 Å². The van der Waals surface area contributed by atoms with Crippen LogP contribution in [-0.2, 0) is 20.7 Å². The molecule has 28 heavy (non-hydrogen) atoms. The van der Waals surface area contributed by atoms with Crippen LogP contribution in [0.5, 0.6) is 0 Å². The van der Waals surface area contributed by atoms with E-state index in [1.807, 2.05) is 10.3 Å². The number of thiazole rings is 1. The minimum Gasteiger partial charge on any atom is -0.469 e. The predicted molar refractivity (Wildman–Crippen MR) is 102 cm³/mol. The number of ether oxygens (including phenoxy) is 2. The Morgan fingerprint density at radius 3 is 2.71 bits per heavy atom. The first kappa shape index (κ1) is 19.1. The highest BCUT2D eigenvalue weighted by atomic mass is 32.1. The second kappa shape index (κ2) is 8.42. The molecule has 2 aliphatic heterocycles. The van der Waals surface area contributed by atoms with Gasteiger partial charge >= 0.3 is 0 Å². The van der Waals surface area contributed by atoms with Crippen molar-refractivity contribution in [2.24, 2.45) is 5.92 Å². The Morgan fingerprint density at radius 2 is 2.04 bits per heavy atom. The number of anilines is 1. The van der Waals surface area contributed by atoms with E-state index >= 15 is 0 Å². The maximum absolute atomic E-state index is 12.6. The molecule has 9 heteroatoms. The van der Waals surface area contributed by atoms with Crippen molar-refractivity contribution in [3.63, 3.8) is 0 Å². The number of amides is 2.